The number of rotatable bonds is 4. The second kappa shape index (κ2) is 5.65. The smallest absolute Gasteiger partial charge is 0.430 e. The van der Waals surface area contributed by atoms with Crippen molar-refractivity contribution < 1.29 is 18.6 Å². The fourth-order valence-electron chi connectivity index (χ4n) is 1.23. The lowest BCUT2D eigenvalue weighted by atomic mass is 10.2. The van der Waals surface area contributed by atoms with Gasteiger partial charge in [-0.15, -0.1) is 5.92 Å². The molecule has 1 aromatic carbocycles. The van der Waals surface area contributed by atoms with Crippen molar-refractivity contribution in [2.24, 2.45) is 0 Å². The van der Waals surface area contributed by atoms with Gasteiger partial charge in [-0.1, -0.05) is 25.0 Å². The first-order valence-electron chi connectivity index (χ1n) is 5.25. The van der Waals surface area contributed by atoms with Crippen LogP contribution in [0.4, 0.5) is 8.78 Å². The standard InChI is InChI=1S/C13H14F2O2/c1-3-5-12(16)13(14,15)17-11-8-6-10(4-2)7-9-11/h6-9,12,16H,4H2,1-2H3/t12-/m0/s1. The summed E-state index contributed by atoms with van der Waals surface area (Å²) >= 11 is 0. The van der Waals surface area contributed by atoms with E-state index in [1.807, 2.05) is 12.8 Å². The van der Waals surface area contributed by atoms with E-state index in [1.165, 1.54) is 19.1 Å². The minimum absolute atomic E-state index is 0.00385. The number of aryl methyl sites for hydroxylation is 1. The van der Waals surface area contributed by atoms with Gasteiger partial charge in [0.1, 0.15) is 5.75 Å². The molecule has 0 saturated carbocycles. The summed E-state index contributed by atoms with van der Waals surface area (Å²) in [6, 6.07) is 6.28. The Hall–Kier alpha value is -1.60. The third-order valence-corrected chi connectivity index (χ3v) is 2.18. The van der Waals surface area contributed by atoms with Crippen LogP contribution in [0, 0.1) is 11.8 Å². The largest absolute Gasteiger partial charge is 0.436 e. The topological polar surface area (TPSA) is 29.5 Å². The fourth-order valence-corrected chi connectivity index (χ4v) is 1.23. The number of aliphatic hydroxyl groups is 1. The molecule has 17 heavy (non-hydrogen) atoms. The van der Waals surface area contributed by atoms with Gasteiger partial charge in [-0.3, -0.25) is 0 Å². The fraction of sp³-hybridized carbons (Fsp3) is 0.385. The van der Waals surface area contributed by atoms with Crippen molar-refractivity contribution in [2.45, 2.75) is 32.5 Å². The van der Waals surface area contributed by atoms with Crippen molar-refractivity contribution in [2.75, 3.05) is 0 Å². The zero-order chi connectivity index (χ0) is 12.9. The SMILES string of the molecule is CC#C[C@H](O)C(F)(F)Oc1ccc(CC)cc1. The highest BCUT2D eigenvalue weighted by atomic mass is 19.3. The van der Waals surface area contributed by atoms with E-state index < -0.39 is 12.2 Å². The van der Waals surface area contributed by atoms with Gasteiger partial charge in [-0.25, -0.2) is 0 Å². The number of benzene rings is 1. The molecule has 2 nitrogen and oxygen atoms in total. The van der Waals surface area contributed by atoms with Gasteiger partial charge in [0.15, 0.2) is 0 Å². The summed E-state index contributed by atoms with van der Waals surface area (Å²) in [4.78, 5) is 0. The van der Waals surface area contributed by atoms with E-state index in [9.17, 15) is 8.78 Å². The molecule has 0 saturated heterocycles. The molecule has 0 aromatic heterocycles. The zero-order valence-corrected chi connectivity index (χ0v) is 9.71. The Kier molecular flexibility index (Phi) is 4.47. The van der Waals surface area contributed by atoms with Gasteiger partial charge >= 0.3 is 6.11 Å². The Morgan fingerprint density at radius 1 is 1.35 bits per heavy atom. The Bertz CT molecular complexity index is 415. The van der Waals surface area contributed by atoms with Crippen molar-refractivity contribution in [1.82, 2.24) is 0 Å². The van der Waals surface area contributed by atoms with Gasteiger partial charge < -0.3 is 9.84 Å². The lowest BCUT2D eigenvalue weighted by molar-refractivity contribution is -0.222. The lowest BCUT2D eigenvalue weighted by Gasteiger charge is -2.19. The zero-order valence-electron chi connectivity index (χ0n) is 9.71. The number of aliphatic hydroxyl groups excluding tert-OH is 1. The van der Waals surface area contributed by atoms with Gasteiger partial charge in [0.25, 0.3) is 0 Å². The minimum atomic E-state index is -3.71. The third-order valence-electron chi connectivity index (χ3n) is 2.18. The average Bonchev–Trinajstić information content (AvgIpc) is 2.30. The first kappa shape index (κ1) is 13.5. The van der Waals surface area contributed by atoms with Crippen LogP contribution in [0.25, 0.3) is 0 Å². The van der Waals surface area contributed by atoms with Gasteiger partial charge in [0.2, 0.25) is 6.10 Å². The second-order valence-corrected chi connectivity index (χ2v) is 3.46. The maximum absolute atomic E-state index is 13.3. The van der Waals surface area contributed by atoms with Crippen LogP contribution < -0.4 is 4.74 Å². The molecule has 92 valence electrons. The van der Waals surface area contributed by atoms with Crippen molar-refractivity contribution in [3.05, 3.63) is 29.8 Å². The molecule has 0 aliphatic heterocycles. The predicted octanol–water partition coefficient (Wildman–Crippen LogP) is 2.60. The summed E-state index contributed by atoms with van der Waals surface area (Å²) in [5, 5.41) is 9.09. The highest BCUT2D eigenvalue weighted by Crippen LogP contribution is 2.24. The Morgan fingerprint density at radius 2 is 1.94 bits per heavy atom. The van der Waals surface area contributed by atoms with Crippen LogP contribution in [0.1, 0.15) is 19.4 Å². The first-order valence-corrected chi connectivity index (χ1v) is 5.25. The van der Waals surface area contributed by atoms with Gasteiger partial charge in [-0.2, -0.15) is 8.78 Å². The lowest BCUT2D eigenvalue weighted by Crippen LogP contribution is -2.38. The monoisotopic (exact) mass is 240 g/mol. The summed E-state index contributed by atoms with van der Waals surface area (Å²) < 4.78 is 31.0. The van der Waals surface area contributed by atoms with Crippen molar-refractivity contribution in [3.63, 3.8) is 0 Å². The molecule has 0 unspecified atom stereocenters. The quantitative estimate of drug-likeness (QED) is 0.820. The molecule has 1 N–H and O–H groups in total. The maximum Gasteiger partial charge on any atom is 0.436 e. The molecule has 1 aromatic rings. The van der Waals surface area contributed by atoms with E-state index in [-0.39, 0.29) is 5.75 Å². The minimum Gasteiger partial charge on any atom is -0.430 e. The molecule has 1 atom stereocenters. The van der Waals surface area contributed by atoms with Gasteiger partial charge in [-0.05, 0) is 31.0 Å². The van der Waals surface area contributed by atoms with E-state index >= 15 is 0 Å². The van der Waals surface area contributed by atoms with Crippen LogP contribution in [0.3, 0.4) is 0 Å². The summed E-state index contributed by atoms with van der Waals surface area (Å²) in [7, 11) is 0. The Labute approximate surface area is 99.2 Å². The van der Waals surface area contributed by atoms with Crippen LogP contribution >= 0.6 is 0 Å². The number of alkyl halides is 2. The van der Waals surface area contributed by atoms with E-state index in [2.05, 4.69) is 10.7 Å². The molecule has 4 heteroatoms. The van der Waals surface area contributed by atoms with Crippen molar-refractivity contribution in [3.8, 4) is 17.6 Å². The summed E-state index contributed by atoms with van der Waals surface area (Å²) in [5.41, 5.74) is 1.02. The highest BCUT2D eigenvalue weighted by molar-refractivity contribution is 5.27. The maximum atomic E-state index is 13.3. The molecule has 0 amide bonds. The molecule has 0 aliphatic carbocycles. The second-order valence-electron chi connectivity index (χ2n) is 3.46. The molecule has 1 rings (SSSR count). The van der Waals surface area contributed by atoms with Crippen molar-refractivity contribution >= 4 is 0 Å². The number of hydrogen-bond acceptors (Lipinski definition) is 2. The molecule has 0 spiro atoms. The average molecular weight is 240 g/mol. The molecule has 0 radical (unpaired) electrons. The molecule has 0 aliphatic rings. The molecule has 0 fully saturated rings. The van der Waals surface area contributed by atoms with Crippen LogP contribution in [0.5, 0.6) is 5.75 Å². The molecular weight excluding hydrogens is 226 g/mol. The Balaban J connectivity index is 2.77. The predicted molar refractivity (Wildman–Crippen MR) is 60.9 cm³/mol. The summed E-state index contributed by atoms with van der Waals surface area (Å²) in [6.07, 6.45) is -5.02. The van der Waals surface area contributed by atoms with E-state index in [0.717, 1.165) is 12.0 Å². The number of hydrogen-bond donors (Lipinski definition) is 1. The number of halogens is 2. The summed E-state index contributed by atoms with van der Waals surface area (Å²) in [6.45, 7) is 3.33. The van der Waals surface area contributed by atoms with Crippen LogP contribution in [0.15, 0.2) is 24.3 Å². The van der Waals surface area contributed by atoms with E-state index in [4.69, 9.17) is 5.11 Å². The van der Waals surface area contributed by atoms with Crippen molar-refractivity contribution in [1.29, 1.82) is 0 Å². The van der Waals surface area contributed by atoms with Crippen LogP contribution in [-0.2, 0) is 6.42 Å². The molecule has 0 heterocycles. The van der Waals surface area contributed by atoms with Crippen LogP contribution in [-0.4, -0.2) is 17.3 Å². The van der Waals surface area contributed by atoms with E-state index in [0.29, 0.717) is 0 Å². The molecular formula is C13H14F2O2. The highest BCUT2D eigenvalue weighted by Gasteiger charge is 2.40. The van der Waals surface area contributed by atoms with E-state index in [1.54, 1.807) is 12.1 Å². The van der Waals surface area contributed by atoms with Crippen LogP contribution in [0.2, 0.25) is 0 Å². The number of ether oxygens (including phenoxy) is 1. The van der Waals surface area contributed by atoms with Gasteiger partial charge in [0, 0.05) is 0 Å². The summed E-state index contributed by atoms with van der Waals surface area (Å²) in [5.74, 6) is 4.18. The van der Waals surface area contributed by atoms with Gasteiger partial charge in [0.05, 0.1) is 0 Å². The first-order chi connectivity index (χ1) is 7.99. The third kappa shape index (κ3) is 3.72. The molecule has 0 bridgehead atoms. The Morgan fingerprint density at radius 3 is 2.41 bits per heavy atom. The normalized spacial score (nSPS) is 12.5.